The molecule has 0 saturated carbocycles. The molecule has 1 aromatic rings. The molecule has 0 aliphatic carbocycles. The number of nitrogens with zero attached hydrogens (tertiary/aromatic N) is 1. The van der Waals surface area contributed by atoms with Gasteiger partial charge >= 0.3 is 0 Å². The summed E-state index contributed by atoms with van der Waals surface area (Å²) in [6.45, 7) is -0.353. The summed E-state index contributed by atoms with van der Waals surface area (Å²) < 4.78 is 25.4. The summed E-state index contributed by atoms with van der Waals surface area (Å²) in [4.78, 5) is 10.7. The Morgan fingerprint density at radius 3 is 2.67 bits per heavy atom. The van der Waals surface area contributed by atoms with E-state index in [0.717, 1.165) is 4.31 Å². The molecule has 0 aliphatic rings. The molecule has 0 atom stereocenters. The molecule has 0 heterocycles. The minimum Gasteiger partial charge on any atom is -0.369 e. The number of sulfonamides is 1. The third kappa shape index (κ3) is 3.94. The third-order valence-electron chi connectivity index (χ3n) is 2.22. The van der Waals surface area contributed by atoms with Crippen molar-refractivity contribution in [3.8, 4) is 0 Å². The lowest BCUT2D eigenvalue weighted by molar-refractivity contribution is -0.118. The van der Waals surface area contributed by atoms with Crippen molar-refractivity contribution >= 4 is 43.5 Å². The van der Waals surface area contributed by atoms with E-state index in [-0.39, 0.29) is 12.3 Å². The van der Waals surface area contributed by atoms with E-state index in [9.17, 15) is 13.2 Å². The normalized spacial score (nSPS) is 11.8. The number of carbonyl (C=O) groups is 1. The first kappa shape index (κ1) is 15.4. The van der Waals surface area contributed by atoms with E-state index >= 15 is 0 Å². The maximum Gasteiger partial charge on any atom is 0.232 e. The number of rotatable bonds is 5. The zero-order valence-electron chi connectivity index (χ0n) is 9.56. The van der Waals surface area contributed by atoms with Crippen LogP contribution in [0.2, 0.25) is 5.02 Å². The van der Waals surface area contributed by atoms with Crippen molar-refractivity contribution in [2.24, 2.45) is 5.73 Å². The van der Waals surface area contributed by atoms with Gasteiger partial charge in [-0.3, -0.25) is 4.79 Å². The van der Waals surface area contributed by atoms with Crippen molar-refractivity contribution in [2.45, 2.75) is 5.75 Å². The molecule has 0 bridgehead atoms. The van der Waals surface area contributed by atoms with Crippen molar-refractivity contribution in [1.82, 2.24) is 4.31 Å². The van der Waals surface area contributed by atoms with Crippen LogP contribution in [0.15, 0.2) is 22.7 Å². The third-order valence-corrected chi connectivity index (χ3v) is 5.31. The molecule has 5 nitrogen and oxygen atoms in total. The monoisotopic (exact) mass is 354 g/mol. The summed E-state index contributed by atoms with van der Waals surface area (Å²) >= 11 is 9.20. The minimum absolute atomic E-state index is 0.283. The number of amides is 1. The van der Waals surface area contributed by atoms with E-state index in [0.29, 0.717) is 15.1 Å². The topological polar surface area (TPSA) is 80.5 Å². The highest BCUT2D eigenvalue weighted by Gasteiger charge is 2.21. The Hall–Kier alpha value is -0.630. The Morgan fingerprint density at radius 1 is 1.50 bits per heavy atom. The maximum atomic E-state index is 11.9. The molecule has 18 heavy (non-hydrogen) atoms. The Bertz CT molecular complexity index is 562. The van der Waals surface area contributed by atoms with Gasteiger partial charge in [-0.1, -0.05) is 23.7 Å². The van der Waals surface area contributed by atoms with E-state index in [2.05, 4.69) is 15.9 Å². The molecule has 0 spiro atoms. The first-order valence-electron chi connectivity index (χ1n) is 4.89. The average Bonchev–Trinajstić information content (AvgIpc) is 2.23. The van der Waals surface area contributed by atoms with Crippen molar-refractivity contribution in [3.05, 3.63) is 33.3 Å². The van der Waals surface area contributed by atoms with Gasteiger partial charge in [-0.05, 0) is 27.6 Å². The number of hydrogen-bond acceptors (Lipinski definition) is 3. The van der Waals surface area contributed by atoms with Gasteiger partial charge < -0.3 is 5.73 Å². The number of hydrogen-bond donors (Lipinski definition) is 1. The van der Waals surface area contributed by atoms with Gasteiger partial charge in [0.15, 0.2) is 0 Å². The van der Waals surface area contributed by atoms with Crippen molar-refractivity contribution in [2.75, 3.05) is 13.6 Å². The van der Waals surface area contributed by atoms with Gasteiger partial charge in [-0.2, -0.15) is 4.31 Å². The first-order chi connectivity index (χ1) is 8.24. The molecule has 0 unspecified atom stereocenters. The maximum absolute atomic E-state index is 11.9. The van der Waals surface area contributed by atoms with Crippen LogP contribution in [0.3, 0.4) is 0 Å². The number of halogens is 2. The molecule has 0 saturated heterocycles. The Balaban J connectivity index is 2.96. The summed E-state index contributed by atoms with van der Waals surface area (Å²) in [5, 5.41) is 0.341. The van der Waals surface area contributed by atoms with Crippen LogP contribution in [0.4, 0.5) is 0 Å². The van der Waals surface area contributed by atoms with Gasteiger partial charge in [0, 0.05) is 11.5 Å². The highest BCUT2D eigenvalue weighted by Crippen LogP contribution is 2.27. The Labute approximate surface area is 119 Å². The first-order valence-corrected chi connectivity index (χ1v) is 7.67. The fourth-order valence-electron chi connectivity index (χ4n) is 1.28. The predicted octanol–water partition coefficient (Wildman–Crippen LogP) is 1.35. The molecule has 2 N–H and O–H groups in total. The van der Waals surface area contributed by atoms with Crippen LogP contribution < -0.4 is 5.73 Å². The molecule has 1 rings (SSSR count). The predicted molar refractivity (Wildman–Crippen MR) is 73.6 cm³/mol. The van der Waals surface area contributed by atoms with Crippen LogP contribution in [0.5, 0.6) is 0 Å². The summed E-state index contributed by atoms with van der Waals surface area (Å²) in [5.41, 5.74) is 5.42. The lowest BCUT2D eigenvalue weighted by atomic mass is 10.2. The summed E-state index contributed by atoms with van der Waals surface area (Å²) in [7, 11) is -2.32. The van der Waals surface area contributed by atoms with Crippen LogP contribution in [-0.2, 0) is 20.6 Å². The fraction of sp³-hybridized carbons (Fsp3) is 0.300. The number of benzene rings is 1. The Kier molecular flexibility index (Phi) is 5.15. The van der Waals surface area contributed by atoms with E-state index in [1.807, 2.05) is 0 Å². The van der Waals surface area contributed by atoms with Crippen molar-refractivity contribution in [1.29, 1.82) is 0 Å². The highest BCUT2D eigenvalue weighted by molar-refractivity contribution is 9.10. The summed E-state index contributed by atoms with van der Waals surface area (Å²) in [6.07, 6.45) is 0. The molecule has 1 amide bonds. The summed E-state index contributed by atoms with van der Waals surface area (Å²) in [5.74, 6) is -0.990. The van der Waals surface area contributed by atoms with E-state index in [4.69, 9.17) is 17.3 Å². The number of likely N-dealkylation sites (N-methyl/N-ethyl adjacent to an activating group) is 1. The highest BCUT2D eigenvalue weighted by atomic mass is 79.9. The molecular weight excluding hydrogens is 344 g/mol. The van der Waals surface area contributed by atoms with Crippen LogP contribution >= 0.6 is 27.5 Å². The van der Waals surface area contributed by atoms with Gasteiger partial charge in [0.05, 0.1) is 17.3 Å². The van der Waals surface area contributed by atoms with E-state index in [1.54, 1.807) is 18.2 Å². The van der Waals surface area contributed by atoms with Crippen LogP contribution in [0.25, 0.3) is 0 Å². The minimum atomic E-state index is -3.62. The molecule has 1 aromatic carbocycles. The number of primary amides is 1. The molecule has 8 heteroatoms. The van der Waals surface area contributed by atoms with Crippen molar-refractivity contribution in [3.63, 3.8) is 0 Å². The molecule has 0 fully saturated rings. The quantitative estimate of drug-likeness (QED) is 0.865. The van der Waals surface area contributed by atoms with Gasteiger partial charge in [-0.15, -0.1) is 0 Å². The average molecular weight is 356 g/mol. The van der Waals surface area contributed by atoms with Gasteiger partial charge in [0.1, 0.15) is 0 Å². The Morgan fingerprint density at radius 2 is 2.11 bits per heavy atom. The molecule has 100 valence electrons. The van der Waals surface area contributed by atoms with Crippen LogP contribution in [-0.4, -0.2) is 32.2 Å². The molecule has 0 radical (unpaired) electrons. The number of nitrogens with two attached hydrogens (primary N) is 1. The zero-order valence-corrected chi connectivity index (χ0v) is 12.7. The second kappa shape index (κ2) is 6.01. The largest absolute Gasteiger partial charge is 0.369 e. The molecule has 0 aromatic heterocycles. The smallest absolute Gasteiger partial charge is 0.232 e. The lowest BCUT2D eigenvalue weighted by Gasteiger charge is -2.16. The van der Waals surface area contributed by atoms with Crippen molar-refractivity contribution < 1.29 is 13.2 Å². The lowest BCUT2D eigenvalue weighted by Crippen LogP contribution is -2.36. The SMILES string of the molecule is CN(CC(N)=O)S(=O)(=O)Cc1cccc(Br)c1Cl. The second-order valence-electron chi connectivity index (χ2n) is 3.69. The fourth-order valence-corrected chi connectivity index (χ4v) is 3.14. The van der Waals surface area contributed by atoms with E-state index < -0.39 is 15.9 Å². The second-order valence-corrected chi connectivity index (χ2v) is 7.00. The van der Waals surface area contributed by atoms with Gasteiger partial charge in [0.2, 0.25) is 15.9 Å². The van der Waals surface area contributed by atoms with Gasteiger partial charge in [-0.25, -0.2) is 8.42 Å². The molecule has 0 aliphatic heterocycles. The van der Waals surface area contributed by atoms with E-state index in [1.165, 1.54) is 7.05 Å². The summed E-state index contributed by atoms with van der Waals surface area (Å²) in [6, 6.07) is 5.02. The standard InChI is InChI=1S/C10H12BrClN2O3S/c1-14(5-9(13)15)18(16,17)6-7-3-2-4-8(11)10(7)12/h2-4H,5-6H2,1H3,(H2,13,15). The molecular formula is C10H12BrClN2O3S. The van der Waals surface area contributed by atoms with Gasteiger partial charge in [0.25, 0.3) is 0 Å². The zero-order chi connectivity index (χ0) is 13.9. The van der Waals surface area contributed by atoms with Crippen LogP contribution in [0.1, 0.15) is 5.56 Å². The van der Waals surface area contributed by atoms with Crippen LogP contribution in [0, 0.1) is 0 Å². The number of carbonyl (C=O) groups excluding carboxylic acids is 1.